The van der Waals surface area contributed by atoms with Crippen LogP contribution in [0.1, 0.15) is 46.1 Å². The summed E-state index contributed by atoms with van der Waals surface area (Å²) in [7, 11) is 0. The predicted molar refractivity (Wildman–Crippen MR) is 87.1 cm³/mol. The predicted octanol–water partition coefficient (Wildman–Crippen LogP) is 3.47. The smallest absolute Gasteiger partial charge is 0.0304 e. The molecule has 2 rings (SSSR count). The van der Waals surface area contributed by atoms with Gasteiger partial charge in [-0.2, -0.15) is 0 Å². The van der Waals surface area contributed by atoms with E-state index in [1.165, 1.54) is 31.4 Å². The lowest BCUT2D eigenvalue weighted by atomic mass is 9.87. The molecule has 0 radical (unpaired) electrons. The molecule has 1 unspecified atom stereocenters. The van der Waals surface area contributed by atoms with E-state index < -0.39 is 0 Å². The van der Waals surface area contributed by atoms with Gasteiger partial charge in [0, 0.05) is 24.2 Å². The lowest BCUT2D eigenvalue weighted by molar-refractivity contribution is 0.0236. The number of nitrogens with one attached hydrogen (secondary N) is 1. The Morgan fingerprint density at radius 1 is 1.15 bits per heavy atom. The van der Waals surface area contributed by atoms with E-state index in [9.17, 15) is 0 Å². The van der Waals surface area contributed by atoms with Crippen molar-refractivity contribution in [2.45, 2.75) is 58.0 Å². The number of benzene rings is 1. The molecule has 0 aliphatic carbocycles. The van der Waals surface area contributed by atoms with Crippen molar-refractivity contribution in [2.75, 3.05) is 19.6 Å². The quantitative estimate of drug-likeness (QED) is 0.884. The molecule has 1 N–H and O–H groups in total. The van der Waals surface area contributed by atoms with E-state index in [0.717, 1.165) is 13.1 Å². The Kier molecular flexibility index (Phi) is 4.87. The van der Waals surface area contributed by atoms with Crippen LogP contribution in [0.15, 0.2) is 30.3 Å². The van der Waals surface area contributed by atoms with Crippen molar-refractivity contribution >= 4 is 0 Å². The van der Waals surface area contributed by atoms with Crippen LogP contribution in [-0.4, -0.2) is 35.6 Å². The Labute approximate surface area is 124 Å². The molecule has 1 heterocycles. The van der Waals surface area contributed by atoms with E-state index >= 15 is 0 Å². The van der Waals surface area contributed by atoms with Crippen LogP contribution < -0.4 is 5.32 Å². The van der Waals surface area contributed by atoms with Gasteiger partial charge in [-0.25, -0.2) is 0 Å². The van der Waals surface area contributed by atoms with E-state index in [1.807, 2.05) is 0 Å². The van der Waals surface area contributed by atoms with Crippen molar-refractivity contribution in [2.24, 2.45) is 0 Å². The van der Waals surface area contributed by atoms with E-state index in [-0.39, 0.29) is 5.54 Å². The minimum atomic E-state index is 0.238. The van der Waals surface area contributed by atoms with Gasteiger partial charge in [0.1, 0.15) is 0 Å². The molecule has 0 bridgehead atoms. The van der Waals surface area contributed by atoms with E-state index in [2.05, 4.69) is 68.2 Å². The summed E-state index contributed by atoms with van der Waals surface area (Å²) < 4.78 is 0. The number of rotatable bonds is 5. The van der Waals surface area contributed by atoms with Crippen molar-refractivity contribution in [3.05, 3.63) is 35.9 Å². The SMILES string of the molecule is CCC1(C)CNC(C)(C)CN1CCCc1ccccc1. The fraction of sp³-hybridized carbons (Fsp3) is 0.667. The first-order valence-electron chi connectivity index (χ1n) is 7.99. The molecule has 112 valence electrons. The number of aryl methyl sites for hydroxylation is 1. The van der Waals surface area contributed by atoms with Gasteiger partial charge < -0.3 is 5.32 Å². The van der Waals surface area contributed by atoms with Crippen LogP contribution in [0.5, 0.6) is 0 Å². The molecule has 1 aliphatic rings. The highest BCUT2D eigenvalue weighted by molar-refractivity contribution is 5.14. The summed E-state index contributed by atoms with van der Waals surface area (Å²) in [5, 5.41) is 3.70. The molecule has 0 amide bonds. The van der Waals surface area contributed by atoms with Gasteiger partial charge in [-0.05, 0) is 52.1 Å². The zero-order chi connectivity index (χ0) is 14.6. The second-order valence-corrected chi connectivity index (χ2v) is 7.10. The summed E-state index contributed by atoms with van der Waals surface area (Å²) in [6.45, 7) is 12.8. The largest absolute Gasteiger partial charge is 0.309 e. The fourth-order valence-electron chi connectivity index (χ4n) is 3.08. The highest BCUT2D eigenvalue weighted by atomic mass is 15.3. The second-order valence-electron chi connectivity index (χ2n) is 7.10. The van der Waals surface area contributed by atoms with Crippen molar-refractivity contribution in [1.82, 2.24) is 10.2 Å². The maximum Gasteiger partial charge on any atom is 0.0304 e. The maximum atomic E-state index is 3.70. The van der Waals surface area contributed by atoms with Crippen LogP contribution in [-0.2, 0) is 6.42 Å². The fourth-order valence-corrected chi connectivity index (χ4v) is 3.08. The molecule has 1 aromatic carbocycles. The van der Waals surface area contributed by atoms with Crippen LogP contribution in [0, 0.1) is 0 Å². The van der Waals surface area contributed by atoms with E-state index in [1.54, 1.807) is 0 Å². The summed E-state index contributed by atoms with van der Waals surface area (Å²) in [6, 6.07) is 10.8. The third-order valence-electron chi connectivity index (χ3n) is 4.80. The molecule has 1 saturated heterocycles. The van der Waals surface area contributed by atoms with Crippen LogP contribution in [0.25, 0.3) is 0 Å². The molecular formula is C18H30N2. The molecular weight excluding hydrogens is 244 g/mol. The first-order valence-corrected chi connectivity index (χ1v) is 7.99. The highest BCUT2D eigenvalue weighted by Gasteiger charge is 2.38. The van der Waals surface area contributed by atoms with Gasteiger partial charge in [0.2, 0.25) is 0 Å². The number of hydrogen-bond acceptors (Lipinski definition) is 2. The molecule has 0 aromatic heterocycles. The summed E-state index contributed by atoms with van der Waals surface area (Å²) in [5.41, 5.74) is 2.01. The van der Waals surface area contributed by atoms with Gasteiger partial charge in [-0.15, -0.1) is 0 Å². The average molecular weight is 274 g/mol. The highest BCUT2D eigenvalue weighted by Crippen LogP contribution is 2.26. The topological polar surface area (TPSA) is 15.3 Å². The van der Waals surface area contributed by atoms with Crippen molar-refractivity contribution in [3.63, 3.8) is 0 Å². The third-order valence-corrected chi connectivity index (χ3v) is 4.80. The monoisotopic (exact) mass is 274 g/mol. The van der Waals surface area contributed by atoms with Gasteiger partial charge in [-0.1, -0.05) is 37.3 Å². The summed E-state index contributed by atoms with van der Waals surface area (Å²) in [4.78, 5) is 2.70. The molecule has 20 heavy (non-hydrogen) atoms. The minimum absolute atomic E-state index is 0.238. The normalized spacial score (nSPS) is 26.6. The van der Waals surface area contributed by atoms with E-state index in [0.29, 0.717) is 5.54 Å². The third kappa shape index (κ3) is 3.83. The Morgan fingerprint density at radius 3 is 2.50 bits per heavy atom. The zero-order valence-corrected chi connectivity index (χ0v) is 13.6. The molecule has 1 aliphatic heterocycles. The van der Waals surface area contributed by atoms with Crippen LogP contribution in [0.3, 0.4) is 0 Å². The minimum Gasteiger partial charge on any atom is -0.309 e. The van der Waals surface area contributed by atoms with Gasteiger partial charge in [0.05, 0.1) is 0 Å². The average Bonchev–Trinajstić information content (AvgIpc) is 2.44. The Morgan fingerprint density at radius 2 is 1.85 bits per heavy atom. The standard InChI is InChI=1S/C18H30N2/c1-5-18(4)14-19-17(2,3)15-20(18)13-9-12-16-10-7-6-8-11-16/h6-8,10-11,19H,5,9,12-15H2,1-4H3. The Hall–Kier alpha value is -0.860. The zero-order valence-electron chi connectivity index (χ0n) is 13.6. The molecule has 1 fully saturated rings. The van der Waals surface area contributed by atoms with Gasteiger partial charge >= 0.3 is 0 Å². The molecule has 0 saturated carbocycles. The molecule has 2 heteroatoms. The Bertz CT molecular complexity index is 413. The number of hydrogen-bond donors (Lipinski definition) is 1. The number of piperazine rings is 1. The summed E-state index contributed by atoms with van der Waals surface area (Å²) in [6.07, 6.45) is 3.64. The van der Waals surface area contributed by atoms with Crippen molar-refractivity contribution in [3.8, 4) is 0 Å². The van der Waals surface area contributed by atoms with E-state index in [4.69, 9.17) is 0 Å². The summed E-state index contributed by atoms with van der Waals surface area (Å²) >= 11 is 0. The van der Waals surface area contributed by atoms with Crippen molar-refractivity contribution < 1.29 is 0 Å². The summed E-state index contributed by atoms with van der Waals surface area (Å²) in [5.74, 6) is 0. The lowest BCUT2D eigenvalue weighted by Gasteiger charge is -2.51. The lowest BCUT2D eigenvalue weighted by Crippen LogP contribution is -2.67. The van der Waals surface area contributed by atoms with Crippen LogP contribution in [0.2, 0.25) is 0 Å². The van der Waals surface area contributed by atoms with Crippen LogP contribution in [0.4, 0.5) is 0 Å². The van der Waals surface area contributed by atoms with Gasteiger partial charge in [-0.3, -0.25) is 4.90 Å². The molecule has 2 nitrogen and oxygen atoms in total. The second kappa shape index (κ2) is 6.28. The Balaban J connectivity index is 1.91. The number of nitrogens with zero attached hydrogens (tertiary/aromatic N) is 1. The molecule has 1 aromatic rings. The van der Waals surface area contributed by atoms with Gasteiger partial charge in [0.15, 0.2) is 0 Å². The van der Waals surface area contributed by atoms with Crippen LogP contribution >= 0.6 is 0 Å². The van der Waals surface area contributed by atoms with Gasteiger partial charge in [0.25, 0.3) is 0 Å². The maximum absolute atomic E-state index is 3.70. The first kappa shape index (κ1) is 15.5. The molecule has 1 atom stereocenters. The first-order chi connectivity index (χ1) is 9.45. The molecule has 0 spiro atoms. The van der Waals surface area contributed by atoms with Crippen molar-refractivity contribution in [1.29, 1.82) is 0 Å².